The van der Waals surface area contributed by atoms with Gasteiger partial charge in [0.2, 0.25) is 5.91 Å². The van der Waals surface area contributed by atoms with Crippen LogP contribution in [-0.2, 0) is 11.3 Å². The summed E-state index contributed by atoms with van der Waals surface area (Å²) in [7, 11) is 0. The summed E-state index contributed by atoms with van der Waals surface area (Å²) in [5.74, 6) is 0.261. The Hall–Kier alpha value is -2.20. The normalized spacial score (nSPS) is 26.2. The number of nitrogens with zero attached hydrogens (tertiary/aromatic N) is 2. The first-order valence-corrected chi connectivity index (χ1v) is 8.81. The Morgan fingerprint density at radius 1 is 1.17 bits per heavy atom. The fraction of sp³-hybridized carbons (Fsp3) is 0.400. The number of hydrogen-bond donors (Lipinski definition) is 1. The first kappa shape index (κ1) is 15.3. The van der Waals surface area contributed by atoms with E-state index >= 15 is 0 Å². The minimum atomic E-state index is 0.0846. The first-order chi connectivity index (χ1) is 11.8. The Kier molecular flexibility index (Phi) is 4.30. The minimum Gasteiger partial charge on any atom is -0.350 e. The van der Waals surface area contributed by atoms with E-state index in [2.05, 4.69) is 45.5 Å². The fourth-order valence-corrected chi connectivity index (χ4v) is 4.26. The van der Waals surface area contributed by atoms with Gasteiger partial charge in [-0.25, -0.2) is 0 Å². The van der Waals surface area contributed by atoms with E-state index in [1.807, 2.05) is 18.2 Å². The van der Waals surface area contributed by atoms with Gasteiger partial charge in [0.25, 0.3) is 0 Å². The zero-order valence-electron chi connectivity index (χ0n) is 13.8. The van der Waals surface area contributed by atoms with Gasteiger partial charge in [0.15, 0.2) is 0 Å². The van der Waals surface area contributed by atoms with Gasteiger partial charge in [-0.15, -0.1) is 0 Å². The second-order valence-electron chi connectivity index (χ2n) is 6.75. The summed E-state index contributed by atoms with van der Waals surface area (Å²) in [5, 5.41) is 3.10. The van der Waals surface area contributed by atoms with Gasteiger partial charge in [-0.2, -0.15) is 0 Å². The van der Waals surface area contributed by atoms with E-state index in [4.69, 9.17) is 0 Å². The molecule has 1 aromatic carbocycles. The van der Waals surface area contributed by atoms with Crippen molar-refractivity contribution in [1.29, 1.82) is 0 Å². The molecule has 3 atom stereocenters. The number of benzene rings is 1. The number of carbonyl (C=O) groups is 1. The van der Waals surface area contributed by atoms with Gasteiger partial charge in [0.05, 0.1) is 18.2 Å². The first-order valence-electron chi connectivity index (χ1n) is 8.81. The second-order valence-corrected chi connectivity index (χ2v) is 6.75. The van der Waals surface area contributed by atoms with Crippen LogP contribution in [0.2, 0.25) is 0 Å². The highest BCUT2D eigenvalue weighted by Gasteiger charge is 2.46. The van der Waals surface area contributed by atoms with Crippen LogP contribution in [0.1, 0.15) is 36.6 Å². The zero-order chi connectivity index (χ0) is 16.4. The summed E-state index contributed by atoms with van der Waals surface area (Å²) in [5.41, 5.74) is 2.25. The van der Waals surface area contributed by atoms with Crippen molar-refractivity contribution in [3.63, 3.8) is 0 Å². The SMILES string of the molecule is O=C(NCc1ccccn1)[C@@H]1C[C@H](c2ccccc2)N2CCC[C@@H]12. The lowest BCUT2D eigenvalue weighted by atomic mass is 9.93. The van der Waals surface area contributed by atoms with Crippen molar-refractivity contribution in [3.05, 3.63) is 66.0 Å². The van der Waals surface area contributed by atoms with Gasteiger partial charge < -0.3 is 5.32 Å². The summed E-state index contributed by atoms with van der Waals surface area (Å²) in [6, 6.07) is 17.2. The van der Waals surface area contributed by atoms with Crippen LogP contribution in [0.25, 0.3) is 0 Å². The van der Waals surface area contributed by atoms with Gasteiger partial charge in [0, 0.05) is 18.3 Å². The largest absolute Gasteiger partial charge is 0.350 e. The van der Waals surface area contributed by atoms with Gasteiger partial charge in [-0.1, -0.05) is 36.4 Å². The average Bonchev–Trinajstić information content (AvgIpc) is 3.24. The number of hydrogen-bond acceptors (Lipinski definition) is 3. The maximum Gasteiger partial charge on any atom is 0.225 e. The molecule has 0 saturated carbocycles. The standard InChI is InChI=1S/C20H23N3O/c24-20(22-14-16-9-4-5-11-21-16)17-13-19(15-7-2-1-3-8-15)23-12-6-10-18(17)23/h1-5,7-9,11,17-19H,6,10,12-14H2,(H,22,24)/t17-,18+,19-/m1/s1. The van der Waals surface area contributed by atoms with E-state index in [0.717, 1.165) is 25.1 Å². The number of nitrogens with one attached hydrogen (secondary N) is 1. The van der Waals surface area contributed by atoms with Gasteiger partial charge in [0.1, 0.15) is 0 Å². The highest BCUT2D eigenvalue weighted by molar-refractivity contribution is 5.80. The Labute approximate surface area is 142 Å². The molecule has 3 heterocycles. The predicted molar refractivity (Wildman–Crippen MR) is 93.1 cm³/mol. The van der Waals surface area contributed by atoms with E-state index in [1.165, 1.54) is 12.0 Å². The number of rotatable bonds is 4. The summed E-state index contributed by atoms with van der Waals surface area (Å²) >= 11 is 0. The number of amides is 1. The van der Waals surface area contributed by atoms with Gasteiger partial charge >= 0.3 is 0 Å². The molecule has 1 amide bonds. The van der Waals surface area contributed by atoms with Crippen molar-refractivity contribution in [3.8, 4) is 0 Å². The van der Waals surface area contributed by atoms with E-state index in [0.29, 0.717) is 18.6 Å². The molecule has 0 bridgehead atoms. The van der Waals surface area contributed by atoms with Crippen molar-refractivity contribution in [2.75, 3.05) is 6.54 Å². The number of fused-ring (bicyclic) bond motifs is 1. The molecule has 0 unspecified atom stereocenters. The topological polar surface area (TPSA) is 45.2 Å². The smallest absolute Gasteiger partial charge is 0.225 e. The minimum absolute atomic E-state index is 0.0846. The molecule has 1 aromatic heterocycles. The predicted octanol–water partition coefficient (Wildman–Crippen LogP) is 2.92. The lowest BCUT2D eigenvalue weighted by Gasteiger charge is -2.24. The van der Waals surface area contributed by atoms with E-state index in [1.54, 1.807) is 6.20 Å². The molecule has 1 N–H and O–H groups in total. The van der Waals surface area contributed by atoms with Crippen molar-refractivity contribution in [2.24, 2.45) is 5.92 Å². The molecule has 0 radical (unpaired) electrons. The Morgan fingerprint density at radius 3 is 2.79 bits per heavy atom. The maximum absolute atomic E-state index is 12.8. The van der Waals surface area contributed by atoms with Crippen LogP contribution in [0.4, 0.5) is 0 Å². The number of pyridine rings is 1. The third kappa shape index (κ3) is 2.94. The molecule has 2 aliphatic rings. The molecule has 24 heavy (non-hydrogen) atoms. The quantitative estimate of drug-likeness (QED) is 0.942. The van der Waals surface area contributed by atoms with Crippen molar-refractivity contribution in [2.45, 2.75) is 37.9 Å². The van der Waals surface area contributed by atoms with E-state index < -0.39 is 0 Å². The second kappa shape index (κ2) is 6.73. The molecule has 4 heteroatoms. The van der Waals surface area contributed by atoms with Crippen LogP contribution in [0, 0.1) is 5.92 Å². The van der Waals surface area contributed by atoms with Crippen LogP contribution in [0.5, 0.6) is 0 Å². The molecule has 124 valence electrons. The molecule has 0 aliphatic carbocycles. The fourth-order valence-electron chi connectivity index (χ4n) is 4.26. The molecule has 2 aliphatic heterocycles. The monoisotopic (exact) mass is 321 g/mol. The molecule has 4 rings (SSSR count). The van der Waals surface area contributed by atoms with Crippen LogP contribution >= 0.6 is 0 Å². The number of aromatic nitrogens is 1. The third-order valence-corrected chi connectivity index (χ3v) is 5.38. The van der Waals surface area contributed by atoms with Crippen LogP contribution < -0.4 is 5.32 Å². The van der Waals surface area contributed by atoms with Crippen LogP contribution in [0.3, 0.4) is 0 Å². The average molecular weight is 321 g/mol. The van der Waals surface area contributed by atoms with Gasteiger partial charge in [-0.05, 0) is 43.5 Å². The van der Waals surface area contributed by atoms with E-state index in [-0.39, 0.29) is 11.8 Å². The summed E-state index contributed by atoms with van der Waals surface area (Å²) in [6.07, 6.45) is 5.01. The van der Waals surface area contributed by atoms with Gasteiger partial charge in [-0.3, -0.25) is 14.7 Å². The molecule has 4 nitrogen and oxygen atoms in total. The Balaban J connectivity index is 1.46. The highest BCUT2D eigenvalue weighted by Crippen LogP contribution is 2.44. The lowest BCUT2D eigenvalue weighted by Crippen LogP contribution is -2.37. The zero-order valence-corrected chi connectivity index (χ0v) is 13.8. The number of carbonyl (C=O) groups excluding carboxylic acids is 1. The molecular weight excluding hydrogens is 298 g/mol. The lowest BCUT2D eigenvalue weighted by molar-refractivity contribution is -0.125. The Morgan fingerprint density at radius 2 is 2.00 bits per heavy atom. The maximum atomic E-state index is 12.8. The molecule has 2 saturated heterocycles. The summed E-state index contributed by atoms with van der Waals surface area (Å²) in [4.78, 5) is 19.6. The molecule has 2 fully saturated rings. The molecule has 0 spiro atoms. The van der Waals surface area contributed by atoms with Crippen molar-refractivity contribution < 1.29 is 4.79 Å². The van der Waals surface area contributed by atoms with Crippen molar-refractivity contribution >= 4 is 5.91 Å². The Bertz CT molecular complexity index is 689. The van der Waals surface area contributed by atoms with Crippen molar-refractivity contribution in [1.82, 2.24) is 15.2 Å². The summed E-state index contributed by atoms with van der Waals surface area (Å²) < 4.78 is 0. The summed E-state index contributed by atoms with van der Waals surface area (Å²) in [6.45, 7) is 1.62. The molecule has 2 aromatic rings. The van der Waals surface area contributed by atoms with E-state index in [9.17, 15) is 4.79 Å². The third-order valence-electron chi connectivity index (χ3n) is 5.38. The highest BCUT2D eigenvalue weighted by atomic mass is 16.2. The molecular formula is C20H23N3O. The van der Waals surface area contributed by atoms with Crippen LogP contribution in [0.15, 0.2) is 54.7 Å². The van der Waals surface area contributed by atoms with Crippen LogP contribution in [-0.4, -0.2) is 28.4 Å².